The maximum absolute atomic E-state index is 11.5. The number of carbonyl (C=O) groups excluding carboxylic acids is 2. The Morgan fingerprint density at radius 2 is 2.05 bits per heavy atom. The molecule has 0 aromatic carbocycles. The van der Waals surface area contributed by atoms with E-state index in [4.69, 9.17) is 13.9 Å². The monoisotopic (exact) mass is 300 g/mol. The Morgan fingerprint density at radius 3 is 2.55 bits per heavy atom. The predicted octanol–water partition coefficient (Wildman–Crippen LogP) is 2.77. The highest BCUT2D eigenvalue weighted by Crippen LogP contribution is 2.36. The van der Waals surface area contributed by atoms with Gasteiger partial charge in [-0.1, -0.05) is 20.8 Å². The zero-order valence-electron chi connectivity index (χ0n) is 13.1. The first-order chi connectivity index (χ1) is 9.01. The van der Waals surface area contributed by atoms with Gasteiger partial charge in [0.1, 0.15) is 11.9 Å². The Kier molecular flexibility index (Phi) is 5.15. The van der Waals surface area contributed by atoms with Gasteiger partial charge in [0.2, 0.25) is 0 Å². The predicted molar refractivity (Wildman–Crippen MR) is 77.5 cm³/mol. The largest absolute Gasteiger partial charge is 0.456 e. The Bertz CT molecular complexity index is 420. The van der Waals surface area contributed by atoms with Gasteiger partial charge in [-0.15, -0.1) is 0 Å². The zero-order valence-corrected chi connectivity index (χ0v) is 14.1. The van der Waals surface area contributed by atoms with E-state index in [1.807, 2.05) is 0 Å². The number of rotatable bonds is 4. The lowest BCUT2D eigenvalue weighted by atomic mass is 10.2. The van der Waals surface area contributed by atoms with Crippen LogP contribution in [0.2, 0.25) is 18.1 Å². The van der Waals surface area contributed by atoms with Crippen LogP contribution >= 0.6 is 0 Å². The topological polar surface area (TPSA) is 61.8 Å². The van der Waals surface area contributed by atoms with Crippen LogP contribution in [-0.4, -0.2) is 33.0 Å². The molecule has 1 atom stereocenters. The van der Waals surface area contributed by atoms with E-state index in [0.29, 0.717) is 18.8 Å². The van der Waals surface area contributed by atoms with Crippen molar-refractivity contribution in [2.45, 2.75) is 58.4 Å². The minimum atomic E-state index is -1.88. The maximum atomic E-state index is 11.5. The van der Waals surface area contributed by atoms with Crippen molar-refractivity contribution in [1.29, 1.82) is 0 Å². The molecule has 1 aliphatic rings. The second-order valence-electron chi connectivity index (χ2n) is 6.54. The van der Waals surface area contributed by atoms with E-state index in [1.165, 1.54) is 13.0 Å². The van der Waals surface area contributed by atoms with E-state index < -0.39 is 26.4 Å². The fourth-order valence-corrected chi connectivity index (χ4v) is 2.56. The molecule has 1 rings (SSSR count). The maximum Gasteiger partial charge on any atom is 0.334 e. The lowest BCUT2D eigenvalue weighted by Crippen LogP contribution is -2.43. The standard InChI is InChI=1S/C14H24O5Si/c1-10(15)18-11-7-12(19-13(16)8-11)9-17-20(5,6)14(2,3)4/h8,12H,7,9H2,1-6H3/t12-/m0/s1. The molecule has 0 saturated heterocycles. The molecular formula is C14H24O5Si. The first kappa shape index (κ1) is 16.9. The highest BCUT2D eigenvalue weighted by atomic mass is 28.4. The first-order valence-electron chi connectivity index (χ1n) is 6.75. The third-order valence-electron chi connectivity index (χ3n) is 3.70. The van der Waals surface area contributed by atoms with Crippen molar-refractivity contribution in [1.82, 2.24) is 0 Å². The van der Waals surface area contributed by atoms with Crippen LogP contribution in [0.4, 0.5) is 0 Å². The van der Waals surface area contributed by atoms with Gasteiger partial charge in [-0.3, -0.25) is 4.79 Å². The van der Waals surface area contributed by atoms with Crippen LogP contribution in [0, 0.1) is 0 Å². The van der Waals surface area contributed by atoms with Crippen LogP contribution in [0.3, 0.4) is 0 Å². The lowest BCUT2D eigenvalue weighted by molar-refractivity contribution is -0.148. The third-order valence-corrected chi connectivity index (χ3v) is 8.20. The molecule has 0 saturated carbocycles. The van der Waals surface area contributed by atoms with Gasteiger partial charge in [-0.2, -0.15) is 0 Å². The van der Waals surface area contributed by atoms with Gasteiger partial charge in [-0.05, 0) is 18.1 Å². The SMILES string of the molecule is CC(=O)OC1=CC(=O)O[C@H](CO[Si](C)(C)C(C)(C)C)C1. The average molecular weight is 300 g/mol. The van der Waals surface area contributed by atoms with E-state index in [-0.39, 0.29) is 5.04 Å². The number of carbonyl (C=O) groups is 2. The van der Waals surface area contributed by atoms with Crippen LogP contribution in [0.5, 0.6) is 0 Å². The number of ether oxygens (including phenoxy) is 2. The van der Waals surface area contributed by atoms with Crippen molar-refractivity contribution in [3.63, 3.8) is 0 Å². The highest BCUT2D eigenvalue weighted by Gasteiger charge is 2.38. The minimum Gasteiger partial charge on any atom is -0.456 e. The molecule has 20 heavy (non-hydrogen) atoms. The summed E-state index contributed by atoms with van der Waals surface area (Å²) in [5.74, 6) is -0.580. The highest BCUT2D eigenvalue weighted by molar-refractivity contribution is 6.74. The lowest BCUT2D eigenvalue weighted by Gasteiger charge is -2.37. The number of hydrogen-bond donors (Lipinski definition) is 0. The molecule has 0 amide bonds. The third kappa shape index (κ3) is 4.75. The van der Waals surface area contributed by atoms with Crippen molar-refractivity contribution in [2.24, 2.45) is 0 Å². The van der Waals surface area contributed by atoms with E-state index in [2.05, 4.69) is 33.9 Å². The Morgan fingerprint density at radius 1 is 1.45 bits per heavy atom. The minimum absolute atomic E-state index is 0.0974. The van der Waals surface area contributed by atoms with Crippen LogP contribution in [0.1, 0.15) is 34.1 Å². The average Bonchev–Trinajstić information content (AvgIpc) is 2.23. The van der Waals surface area contributed by atoms with Gasteiger partial charge in [0.25, 0.3) is 0 Å². The fourth-order valence-electron chi connectivity index (χ4n) is 1.52. The van der Waals surface area contributed by atoms with E-state index >= 15 is 0 Å². The van der Waals surface area contributed by atoms with Gasteiger partial charge in [0, 0.05) is 13.3 Å². The van der Waals surface area contributed by atoms with Crippen molar-refractivity contribution >= 4 is 20.3 Å². The molecule has 5 nitrogen and oxygen atoms in total. The molecule has 0 aromatic heterocycles. The van der Waals surface area contributed by atoms with Gasteiger partial charge in [0.05, 0.1) is 12.7 Å². The molecular weight excluding hydrogens is 276 g/mol. The second kappa shape index (κ2) is 6.09. The molecule has 0 spiro atoms. The molecule has 0 aliphatic carbocycles. The van der Waals surface area contributed by atoms with Crippen molar-refractivity contribution in [3.8, 4) is 0 Å². The van der Waals surface area contributed by atoms with Gasteiger partial charge < -0.3 is 13.9 Å². The normalized spacial score (nSPS) is 20.2. The quantitative estimate of drug-likeness (QED) is 0.590. The van der Waals surface area contributed by atoms with E-state index in [0.717, 1.165) is 0 Å². The molecule has 0 N–H and O–H groups in total. The summed E-state index contributed by atoms with van der Waals surface area (Å²) in [5.41, 5.74) is 0. The number of hydrogen-bond acceptors (Lipinski definition) is 5. The molecule has 6 heteroatoms. The van der Waals surface area contributed by atoms with Gasteiger partial charge >= 0.3 is 11.9 Å². The van der Waals surface area contributed by atoms with Crippen molar-refractivity contribution < 1.29 is 23.5 Å². The molecule has 0 radical (unpaired) electrons. The Balaban J connectivity index is 2.60. The smallest absolute Gasteiger partial charge is 0.334 e. The molecule has 1 heterocycles. The van der Waals surface area contributed by atoms with Crippen LogP contribution in [-0.2, 0) is 23.5 Å². The molecule has 114 valence electrons. The molecule has 0 fully saturated rings. The summed E-state index contributed by atoms with van der Waals surface area (Å²) in [6.07, 6.45) is 1.19. The van der Waals surface area contributed by atoms with Gasteiger partial charge in [0.15, 0.2) is 8.32 Å². The summed E-state index contributed by atoms with van der Waals surface area (Å²) in [4.78, 5) is 22.4. The van der Waals surface area contributed by atoms with E-state index in [9.17, 15) is 9.59 Å². The first-order valence-corrected chi connectivity index (χ1v) is 9.65. The second-order valence-corrected chi connectivity index (χ2v) is 11.3. The van der Waals surface area contributed by atoms with Gasteiger partial charge in [-0.25, -0.2) is 4.79 Å². The number of cyclic esters (lactones) is 1. The molecule has 0 unspecified atom stereocenters. The zero-order chi connectivity index (χ0) is 15.6. The van der Waals surface area contributed by atoms with Crippen molar-refractivity contribution in [2.75, 3.05) is 6.61 Å². The van der Waals surface area contributed by atoms with Crippen LogP contribution in [0.25, 0.3) is 0 Å². The summed E-state index contributed by atoms with van der Waals surface area (Å²) in [6, 6.07) is 0. The number of esters is 2. The molecule has 1 aliphatic heterocycles. The van der Waals surface area contributed by atoms with Crippen LogP contribution in [0.15, 0.2) is 11.8 Å². The summed E-state index contributed by atoms with van der Waals surface area (Å²) in [7, 11) is -1.88. The summed E-state index contributed by atoms with van der Waals surface area (Å²) in [5, 5.41) is 0.0974. The Labute approximate surface area is 121 Å². The summed E-state index contributed by atoms with van der Waals surface area (Å²) < 4.78 is 16.2. The van der Waals surface area contributed by atoms with Crippen molar-refractivity contribution in [3.05, 3.63) is 11.8 Å². The fraction of sp³-hybridized carbons (Fsp3) is 0.714. The summed E-state index contributed by atoms with van der Waals surface area (Å²) in [6.45, 7) is 12.4. The van der Waals surface area contributed by atoms with Crippen LogP contribution < -0.4 is 0 Å². The van der Waals surface area contributed by atoms with E-state index in [1.54, 1.807) is 0 Å². The molecule has 0 aromatic rings. The summed E-state index contributed by atoms with van der Waals surface area (Å²) >= 11 is 0. The molecule has 0 bridgehead atoms. The Hall–Kier alpha value is -1.14.